The van der Waals surface area contributed by atoms with E-state index in [-0.39, 0.29) is 17.9 Å². The van der Waals surface area contributed by atoms with Gasteiger partial charge in [0.25, 0.3) is 5.91 Å². The van der Waals surface area contributed by atoms with Gasteiger partial charge in [0.05, 0.1) is 12.3 Å². The van der Waals surface area contributed by atoms with E-state index in [0.29, 0.717) is 11.4 Å². The third-order valence-corrected chi connectivity index (χ3v) is 4.88. The summed E-state index contributed by atoms with van der Waals surface area (Å²) < 4.78 is 3.88. The molecule has 1 aromatic rings. The lowest BCUT2D eigenvalue weighted by Crippen LogP contribution is -2.47. The minimum Gasteiger partial charge on any atom is -0.396 e. The molecule has 1 atom stereocenters. The molecule has 1 fully saturated rings. The molecule has 0 saturated carbocycles. The summed E-state index contributed by atoms with van der Waals surface area (Å²) in [7, 11) is 0. The van der Waals surface area contributed by atoms with Crippen LogP contribution >= 0.6 is 11.5 Å². The van der Waals surface area contributed by atoms with Crippen molar-refractivity contribution in [3.8, 4) is 0 Å². The number of amides is 1. The summed E-state index contributed by atoms with van der Waals surface area (Å²) in [6.45, 7) is 5.61. The highest BCUT2D eigenvalue weighted by atomic mass is 32.1. The number of hydrogen-bond donors (Lipinski definition) is 1. The molecule has 1 aliphatic heterocycles. The highest BCUT2D eigenvalue weighted by Crippen LogP contribution is 2.33. The number of nitrogens with zero attached hydrogens (tertiary/aromatic N) is 3. The lowest BCUT2D eigenvalue weighted by molar-refractivity contribution is 0.0254. The maximum Gasteiger partial charge on any atom is 0.267 e. The van der Waals surface area contributed by atoms with Gasteiger partial charge in [-0.2, -0.15) is 0 Å². The van der Waals surface area contributed by atoms with Gasteiger partial charge >= 0.3 is 0 Å². The van der Waals surface area contributed by atoms with E-state index in [2.05, 4.69) is 16.5 Å². The first-order chi connectivity index (χ1) is 9.15. The fourth-order valence-electron chi connectivity index (χ4n) is 2.66. The summed E-state index contributed by atoms with van der Waals surface area (Å²) >= 11 is 1.18. The summed E-state index contributed by atoms with van der Waals surface area (Å²) in [5.74, 6) is 0.0258. The predicted octanol–water partition coefficient (Wildman–Crippen LogP) is 1.73. The van der Waals surface area contributed by atoms with Gasteiger partial charge < -0.3 is 10.0 Å². The van der Waals surface area contributed by atoms with Crippen LogP contribution in [0.25, 0.3) is 0 Å². The van der Waals surface area contributed by atoms with Crippen molar-refractivity contribution in [2.24, 2.45) is 5.41 Å². The van der Waals surface area contributed by atoms with Gasteiger partial charge in [-0.1, -0.05) is 18.3 Å². The smallest absolute Gasteiger partial charge is 0.267 e. The van der Waals surface area contributed by atoms with Gasteiger partial charge in [0.1, 0.15) is 4.88 Å². The molecular formula is C13H21N3O2S. The van der Waals surface area contributed by atoms with Crippen molar-refractivity contribution in [2.45, 2.75) is 39.5 Å². The Morgan fingerprint density at radius 2 is 2.32 bits per heavy atom. The number of carbonyl (C=O) groups is 1. The first-order valence-electron chi connectivity index (χ1n) is 6.87. The van der Waals surface area contributed by atoms with Crippen molar-refractivity contribution in [3.63, 3.8) is 0 Å². The van der Waals surface area contributed by atoms with Crippen LogP contribution in [0.3, 0.4) is 0 Å². The SMILES string of the molecule is CCc1nnsc1C(=O)N1CCC[C@](CC)(CO)C1. The van der Waals surface area contributed by atoms with Gasteiger partial charge in [0.2, 0.25) is 0 Å². The molecule has 0 aromatic carbocycles. The number of likely N-dealkylation sites (tertiary alicyclic amines) is 1. The number of aliphatic hydroxyl groups excluding tert-OH is 1. The number of aryl methyl sites for hydroxylation is 1. The average Bonchev–Trinajstić information content (AvgIpc) is 2.94. The normalized spacial score (nSPS) is 23.6. The molecule has 0 radical (unpaired) electrons. The van der Waals surface area contributed by atoms with Crippen molar-refractivity contribution in [3.05, 3.63) is 10.6 Å². The lowest BCUT2D eigenvalue weighted by Gasteiger charge is -2.41. The zero-order valence-electron chi connectivity index (χ0n) is 11.6. The molecule has 1 aromatic heterocycles. The van der Waals surface area contributed by atoms with Crippen molar-refractivity contribution in [1.82, 2.24) is 14.5 Å². The first-order valence-corrected chi connectivity index (χ1v) is 7.64. The van der Waals surface area contributed by atoms with E-state index in [1.165, 1.54) is 11.5 Å². The molecule has 1 N–H and O–H groups in total. The van der Waals surface area contributed by atoms with E-state index in [1.807, 2.05) is 11.8 Å². The van der Waals surface area contributed by atoms with Gasteiger partial charge in [-0.3, -0.25) is 4.79 Å². The van der Waals surface area contributed by atoms with E-state index in [4.69, 9.17) is 0 Å². The monoisotopic (exact) mass is 283 g/mol. The van der Waals surface area contributed by atoms with Crippen molar-refractivity contribution < 1.29 is 9.90 Å². The highest BCUT2D eigenvalue weighted by Gasteiger charge is 2.36. The van der Waals surface area contributed by atoms with Gasteiger partial charge in [-0.05, 0) is 37.2 Å². The summed E-state index contributed by atoms with van der Waals surface area (Å²) in [6.07, 6.45) is 3.57. The van der Waals surface area contributed by atoms with E-state index >= 15 is 0 Å². The number of aromatic nitrogens is 2. The maximum atomic E-state index is 12.5. The molecule has 2 heterocycles. The number of rotatable bonds is 4. The van der Waals surface area contributed by atoms with Gasteiger partial charge in [0.15, 0.2) is 0 Å². The Hall–Kier alpha value is -1.01. The number of piperidine rings is 1. The molecule has 0 unspecified atom stereocenters. The largest absolute Gasteiger partial charge is 0.396 e. The molecule has 106 valence electrons. The summed E-state index contributed by atoms with van der Waals surface area (Å²) in [6, 6.07) is 0. The Morgan fingerprint density at radius 1 is 1.53 bits per heavy atom. The quantitative estimate of drug-likeness (QED) is 0.914. The zero-order valence-corrected chi connectivity index (χ0v) is 12.4. The summed E-state index contributed by atoms with van der Waals surface area (Å²) in [5, 5.41) is 13.6. The number of hydrogen-bond acceptors (Lipinski definition) is 5. The second-order valence-corrected chi connectivity index (χ2v) is 6.00. The molecule has 6 heteroatoms. The zero-order chi connectivity index (χ0) is 13.9. The van der Waals surface area contributed by atoms with Crippen LogP contribution in [-0.4, -0.2) is 45.2 Å². The molecule has 1 amide bonds. The Kier molecular flexibility index (Phi) is 4.52. The van der Waals surface area contributed by atoms with Crippen LogP contribution < -0.4 is 0 Å². The number of aliphatic hydroxyl groups is 1. The molecule has 5 nitrogen and oxygen atoms in total. The Balaban J connectivity index is 2.15. The van der Waals surface area contributed by atoms with Crippen LogP contribution in [0.5, 0.6) is 0 Å². The van der Waals surface area contributed by atoms with Crippen LogP contribution in [0.4, 0.5) is 0 Å². The fraction of sp³-hybridized carbons (Fsp3) is 0.769. The Morgan fingerprint density at radius 3 is 2.95 bits per heavy atom. The highest BCUT2D eigenvalue weighted by molar-refractivity contribution is 7.08. The standard InChI is InChI=1S/C13H21N3O2S/c1-3-10-11(19-15-14-10)12(18)16-7-5-6-13(4-2,8-16)9-17/h17H,3-9H2,1-2H3/t13-/m0/s1. The van der Waals surface area contributed by atoms with Crippen LogP contribution in [0.1, 0.15) is 48.5 Å². The predicted molar refractivity (Wildman–Crippen MR) is 74.2 cm³/mol. The van der Waals surface area contributed by atoms with E-state index < -0.39 is 0 Å². The van der Waals surface area contributed by atoms with Crippen LogP contribution in [0.15, 0.2) is 0 Å². The lowest BCUT2D eigenvalue weighted by atomic mass is 9.78. The summed E-state index contributed by atoms with van der Waals surface area (Å²) in [4.78, 5) is 15.1. The fourth-order valence-corrected chi connectivity index (χ4v) is 3.38. The Labute approximate surface area is 117 Å². The minimum absolute atomic E-state index is 0.0258. The van der Waals surface area contributed by atoms with Gasteiger partial charge in [0, 0.05) is 18.5 Å². The molecular weight excluding hydrogens is 262 g/mol. The van der Waals surface area contributed by atoms with E-state index in [9.17, 15) is 9.90 Å². The molecule has 2 rings (SSSR count). The number of carbonyl (C=O) groups excluding carboxylic acids is 1. The topological polar surface area (TPSA) is 66.3 Å². The van der Waals surface area contributed by atoms with Crippen molar-refractivity contribution >= 4 is 17.4 Å². The summed E-state index contributed by atoms with van der Waals surface area (Å²) in [5.41, 5.74) is 0.657. The van der Waals surface area contributed by atoms with Gasteiger partial charge in [-0.15, -0.1) is 5.10 Å². The molecule has 1 saturated heterocycles. The van der Waals surface area contributed by atoms with Crippen molar-refractivity contribution in [1.29, 1.82) is 0 Å². The van der Waals surface area contributed by atoms with Crippen LogP contribution in [0.2, 0.25) is 0 Å². The Bertz CT molecular complexity index is 443. The van der Waals surface area contributed by atoms with Crippen LogP contribution in [0, 0.1) is 5.41 Å². The third-order valence-electron chi connectivity index (χ3n) is 4.12. The third kappa shape index (κ3) is 2.79. The minimum atomic E-state index is -0.127. The van der Waals surface area contributed by atoms with E-state index in [1.54, 1.807) is 0 Å². The molecule has 1 aliphatic rings. The molecule has 19 heavy (non-hydrogen) atoms. The molecule has 0 aliphatic carbocycles. The molecule has 0 spiro atoms. The van der Waals surface area contributed by atoms with E-state index in [0.717, 1.165) is 37.9 Å². The van der Waals surface area contributed by atoms with Gasteiger partial charge in [-0.25, -0.2) is 0 Å². The second-order valence-electron chi connectivity index (χ2n) is 5.24. The van der Waals surface area contributed by atoms with Crippen molar-refractivity contribution in [2.75, 3.05) is 19.7 Å². The first kappa shape index (κ1) is 14.4. The van der Waals surface area contributed by atoms with Crippen LogP contribution in [-0.2, 0) is 6.42 Å². The average molecular weight is 283 g/mol. The second kappa shape index (κ2) is 5.96. The maximum absolute atomic E-state index is 12.5. The molecule has 0 bridgehead atoms.